The standard InChI is InChI=1S/C15H18N4O3/c1-9-4-11(18-17-9)5-10-7-19(8-14(10)21)15(22)12-2-3-16-6-13(12)20/h2-4,6,10,14,20-21H,5,7-8H2,1H3,(H,17,18)/t10-,14+/m1/s1. The second-order valence-corrected chi connectivity index (χ2v) is 5.68. The number of hydrogen-bond donors (Lipinski definition) is 3. The van der Waals surface area contributed by atoms with Crippen LogP contribution in [0.3, 0.4) is 0 Å². The third-order valence-electron chi connectivity index (χ3n) is 3.95. The average Bonchev–Trinajstić information content (AvgIpc) is 3.06. The molecule has 0 unspecified atom stereocenters. The molecule has 7 heteroatoms. The second-order valence-electron chi connectivity index (χ2n) is 5.68. The summed E-state index contributed by atoms with van der Waals surface area (Å²) < 4.78 is 0. The molecule has 2 aromatic rings. The van der Waals surface area contributed by atoms with Crippen molar-refractivity contribution in [1.82, 2.24) is 20.1 Å². The van der Waals surface area contributed by atoms with Crippen LogP contribution < -0.4 is 0 Å². The van der Waals surface area contributed by atoms with E-state index in [2.05, 4.69) is 15.2 Å². The van der Waals surface area contributed by atoms with Crippen molar-refractivity contribution in [2.75, 3.05) is 13.1 Å². The van der Waals surface area contributed by atoms with E-state index in [1.165, 1.54) is 18.5 Å². The number of hydrogen-bond acceptors (Lipinski definition) is 5. The predicted octanol–water partition coefficient (Wildman–Crippen LogP) is 0.494. The summed E-state index contributed by atoms with van der Waals surface area (Å²) in [6.45, 7) is 2.62. The Labute approximate surface area is 127 Å². The normalized spacial score (nSPS) is 21.3. The molecular formula is C15H18N4O3. The highest BCUT2D eigenvalue weighted by molar-refractivity contribution is 5.96. The molecule has 0 bridgehead atoms. The van der Waals surface area contributed by atoms with Crippen molar-refractivity contribution in [1.29, 1.82) is 0 Å². The molecule has 2 aromatic heterocycles. The smallest absolute Gasteiger partial charge is 0.257 e. The maximum absolute atomic E-state index is 12.4. The Morgan fingerprint density at radius 3 is 3.00 bits per heavy atom. The molecule has 0 aromatic carbocycles. The van der Waals surface area contributed by atoms with Crippen LogP contribution >= 0.6 is 0 Å². The maximum atomic E-state index is 12.4. The summed E-state index contributed by atoms with van der Waals surface area (Å²) in [6, 6.07) is 3.42. The molecule has 3 rings (SSSR count). The summed E-state index contributed by atoms with van der Waals surface area (Å²) in [7, 11) is 0. The zero-order chi connectivity index (χ0) is 15.7. The van der Waals surface area contributed by atoms with Crippen LogP contribution in [0, 0.1) is 12.8 Å². The summed E-state index contributed by atoms with van der Waals surface area (Å²) >= 11 is 0. The number of pyridine rings is 1. The quantitative estimate of drug-likeness (QED) is 0.766. The molecule has 2 atom stereocenters. The molecule has 1 amide bonds. The zero-order valence-electron chi connectivity index (χ0n) is 12.2. The van der Waals surface area contributed by atoms with E-state index in [1.807, 2.05) is 13.0 Å². The third-order valence-corrected chi connectivity index (χ3v) is 3.95. The highest BCUT2D eigenvalue weighted by Crippen LogP contribution is 2.25. The number of aromatic amines is 1. The molecule has 0 aliphatic carbocycles. The average molecular weight is 302 g/mol. The van der Waals surface area contributed by atoms with Gasteiger partial charge in [-0.3, -0.25) is 14.9 Å². The molecule has 1 saturated heterocycles. The van der Waals surface area contributed by atoms with Crippen LogP contribution in [0.1, 0.15) is 21.7 Å². The van der Waals surface area contributed by atoms with Gasteiger partial charge in [-0.1, -0.05) is 0 Å². The summed E-state index contributed by atoms with van der Waals surface area (Å²) in [5.74, 6) is -0.497. The van der Waals surface area contributed by atoms with Crippen LogP contribution in [0.15, 0.2) is 24.5 Å². The van der Waals surface area contributed by atoms with Crippen molar-refractivity contribution in [3.05, 3.63) is 41.5 Å². The molecule has 0 radical (unpaired) electrons. The molecule has 22 heavy (non-hydrogen) atoms. The van der Waals surface area contributed by atoms with Gasteiger partial charge in [0.2, 0.25) is 0 Å². The van der Waals surface area contributed by atoms with Crippen LogP contribution in [0.4, 0.5) is 0 Å². The SMILES string of the molecule is Cc1cc(C[C@@H]2CN(C(=O)c3ccncc3O)C[C@@H]2O)n[nH]1. The summed E-state index contributed by atoms with van der Waals surface area (Å²) in [4.78, 5) is 17.7. The lowest BCUT2D eigenvalue weighted by Gasteiger charge is -2.16. The van der Waals surface area contributed by atoms with Gasteiger partial charge in [-0.25, -0.2) is 0 Å². The second kappa shape index (κ2) is 5.76. The Morgan fingerprint density at radius 1 is 1.50 bits per heavy atom. The Balaban J connectivity index is 1.70. The lowest BCUT2D eigenvalue weighted by Crippen LogP contribution is -2.29. The van der Waals surface area contributed by atoms with Gasteiger partial charge < -0.3 is 15.1 Å². The Kier molecular flexibility index (Phi) is 3.81. The number of aliphatic hydroxyl groups is 1. The monoisotopic (exact) mass is 302 g/mol. The van der Waals surface area contributed by atoms with Crippen molar-refractivity contribution in [2.45, 2.75) is 19.4 Å². The van der Waals surface area contributed by atoms with E-state index in [1.54, 1.807) is 4.90 Å². The minimum absolute atomic E-state index is 0.0596. The van der Waals surface area contributed by atoms with E-state index in [4.69, 9.17) is 0 Å². The van der Waals surface area contributed by atoms with Gasteiger partial charge in [0, 0.05) is 30.9 Å². The summed E-state index contributed by atoms with van der Waals surface area (Å²) in [5, 5.41) is 27.0. The summed E-state index contributed by atoms with van der Waals surface area (Å²) in [6.07, 6.45) is 2.72. The number of aromatic hydroxyl groups is 1. The molecule has 1 aliphatic rings. The highest BCUT2D eigenvalue weighted by atomic mass is 16.3. The number of H-pyrrole nitrogens is 1. The molecular weight excluding hydrogens is 284 g/mol. The van der Waals surface area contributed by atoms with E-state index >= 15 is 0 Å². The van der Waals surface area contributed by atoms with E-state index in [9.17, 15) is 15.0 Å². The molecule has 116 valence electrons. The number of aromatic nitrogens is 3. The first-order valence-corrected chi connectivity index (χ1v) is 7.16. The highest BCUT2D eigenvalue weighted by Gasteiger charge is 2.35. The fraction of sp³-hybridized carbons (Fsp3) is 0.400. The molecule has 7 nitrogen and oxygen atoms in total. The van der Waals surface area contributed by atoms with Gasteiger partial charge in [-0.2, -0.15) is 5.10 Å². The Morgan fingerprint density at radius 2 is 2.32 bits per heavy atom. The topological polar surface area (TPSA) is 102 Å². The first-order valence-electron chi connectivity index (χ1n) is 7.16. The number of likely N-dealkylation sites (tertiary alicyclic amines) is 1. The molecule has 1 fully saturated rings. The number of amides is 1. The van der Waals surface area contributed by atoms with E-state index in [-0.39, 0.29) is 29.7 Å². The van der Waals surface area contributed by atoms with Gasteiger partial charge in [0.1, 0.15) is 5.75 Å². The first kappa shape index (κ1) is 14.5. The summed E-state index contributed by atoms with van der Waals surface area (Å²) in [5.41, 5.74) is 2.05. The van der Waals surface area contributed by atoms with Crippen molar-refractivity contribution in [3.8, 4) is 5.75 Å². The van der Waals surface area contributed by atoms with E-state index in [0.717, 1.165) is 11.4 Å². The largest absolute Gasteiger partial charge is 0.505 e. The lowest BCUT2D eigenvalue weighted by molar-refractivity contribution is 0.0761. The van der Waals surface area contributed by atoms with E-state index < -0.39 is 6.10 Å². The Hall–Kier alpha value is -2.41. The number of carbonyl (C=O) groups is 1. The fourth-order valence-corrected chi connectivity index (χ4v) is 2.81. The number of aryl methyl sites for hydroxylation is 1. The van der Waals surface area contributed by atoms with Gasteiger partial charge in [0.25, 0.3) is 5.91 Å². The minimum Gasteiger partial charge on any atom is -0.505 e. The first-order chi connectivity index (χ1) is 10.5. The van der Waals surface area contributed by atoms with Crippen molar-refractivity contribution < 1.29 is 15.0 Å². The van der Waals surface area contributed by atoms with Gasteiger partial charge >= 0.3 is 0 Å². The van der Waals surface area contributed by atoms with Crippen molar-refractivity contribution in [3.63, 3.8) is 0 Å². The molecule has 3 heterocycles. The maximum Gasteiger partial charge on any atom is 0.257 e. The minimum atomic E-state index is -0.593. The predicted molar refractivity (Wildman–Crippen MR) is 78.3 cm³/mol. The molecule has 1 aliphatic heterocycles. The third kappa shape index (κ3) is 2.80. The van der Waals surface area contributed by atoms with Gasteiger partial charge in [-0.15, -0.1) is 0 Å². The van der Waals surface area contributed by atoms with Crippen LogP contribution in [0.25, 0.3) is 0 Å². The fourth-order valence-electron chi connectivity index (χ4n) is 2.81. The van der Waals surface area contributed by atoms with Crippen molar-refractivity contribution in [2.24, 2.45) is 5.92 Å². The number of rotatable bonds is 3. The molecule has 0 saturated carbocycles. The molecule has 0 spiro atoms. The zero-order valence-corrected chi connectivity index (χ0v) is 12.2. The number of nitrogens with zero attached hydrogens (tertiary/aromatic N) is 3. The number of β-amino-alcohol motifs (C(OH)–C–C–N with tert-alkyl or cyclic N) is 1. The van der Waals surface area contributed by atoms with Crippen LogP contribution in [0.2, 0.25) is 0 Å². The number of aliphatic hydroxyl groups excluding tert-OH is 1. The Bertz CT molecular complexity index is 685. The van der Waals surface area contributed by atoms with Crippen molar-refractivity contribution >= 4 is 5.91 Å². The lowest BCUT2D eigenvalue weighted by atomic mass is 10.0. The van der Waals surface area contributed by atoms with E-state index in [0.29, 0.717) is 13.0 Å². The van der Waals surface area contributed by atoms with Crippen LogP contribution in [-0.2, 0) is 6.42 Å². The van der Waals surface area contributed by atoms with Crippen LogP contribution in [0.5, 0.6) is 5.75 Å². The van der Waals surface area contributed by atoms with Crippen LogP contribution in [-0.4, -0.2) is 55.4 Å². The number of carbonyl (C=O) groups excluding carboxylic acids is 1. The van der Waals surface area contributed by atoms with Gasteiger partial charge in [-0.05, 0) is 25.5 Å². The van der Waals surface area contributed by atoms with Gasteiger partial charge in [0.05, 0.1) is 23.6 Å². The van der Waals surface area contributed by atoms with Gasteiger partial charge in [0.15, 0.2) is 0 Å². The number of nitrogens with one attached hydrogen (secondary N) is 1. The molecule has 3 N–H and O–H groups in total.